The second kappa shape index (κ2) is 4.38. The Hall–Kier alpha value is -2.82. The van der Waals surface area contributed by atoms with Gasteiger partial charge in [0.2, 0.25) is 0 Å². The molecule has 0 saturated heterocycles. The fourth-order valence-electron chi connectivity index (χ4n) is 2.24. The van der Waals surface area contributed by atoms with E-state index >= 15 is 0 Å². The number of carboxylic acids is 1. The Morgan fingerprint density at radius 3 is 2.80 bits per heavy atom. The predicted octanol–water partition coefficient (Wildman–Crippen LogP) is 2.59. The molecule has 3 N–H and O–H groups in total. The lowest BCUT2D eigenvalue weighted by atomic mass is 10.1. The van der Waals surface area contributed by atoms with E-state index in [0.29, 0.717) is 22.6 Å². The number of carboxylic acid groups (broad SMARTS) is 1. The first kappa shape index (κ1) is 12.2. The minimum atomic E-state index is -1.01. The number of aromatic carboxylic acids is 1. The molecule has 5 heteroatoms. The molecule has 0 aliphatic rings. The van der Waals surface area contributed by atoms with Gasteiger partial charge in [-0.25, -0.2) is 9.78 Å². The third-order valence-electron chi connectivity index (χ3n) is 3.13. The first-order valence-electron chi connectivity index (χ1n) is 6.14. The van der Waals surface area contributed by atoms with Crippen molar-refractivity contribution in [1.82, 2.24) is 9.38 Å². The molecular weight excluding hydrogens is 254 g/mol. The number of nitrogen functional groups attached to an aromatic ring is 1. The van der Waals surface area contributed by atoms with E-state index in [9.17, 15) is 9.90 Å². The van der Waals surface area contributed by atoms with Crippen LogP contribution in [0.2, 0.25) is 0 Å². The summed E-state index contributed by atoms with van der Waals surface area (Å²) in [5.41, 5.74) is 9.18. The van der Waals surface area contributed by atoms with Gasteiger partial charge in [0.15, 0.2) is 5.69 Å². The van der Waals surface area contributed by atoms with Crippen molar-refractivity contribution >= 4 is 17.3 Å². The SMILES string of the molecule is Cc1ccc2nc(-c3cccc(N)c3)c(C(=O)O)n2c1. The van der Waals surface area contributed by atoms with Crippen LogP contribution in [0.3, 0.4) is 0 Å². The molecular formula is C15H13N3O2. The Morgan fingerprint density at radius 1 is 1.30 bits per heavy atom. The summed E-state index contributed by atoms with van der Waals surface area (Å²) < 4.78 is 1.59. The number of hydrogen-bond acceptors (Lipinski definition) is 3. The predicted molar refractivity (Wildman–Crippen MR) is 76.7 cm³/mol. The third-order valence-corrected chi connectivity index (χ3v) is 3.13. The van der Waals surface area contributed by atoms with Crippen molar-refractivity contribution in [1.29, 1.82) is 0 Å². The molecule has 0 unspecified atom stereocenters. The van der Waals surface area contributed by atoms with E-state index < -0.39 is 5.97 Å². The summed E-state index contributed by atoms with van der Waals surface area (Å²) >= 11 is 0. The Kier molecular flexibility index (Phi) is 2.68. The highest BCUT2D eigenvalue weighted by atomic mass is 16.4. The molecule has 0 spiro atoms. The van der Waals surface area contributed by atoms with E-state index in [1.54, 1.807) is 40.9 Å². The van der Waals surface area contributed by atoms with Crippen LogP contribution in [-0.2, 0) is 0 Å². The number of rotatable bonds is 2. The standard InChI is InChI=1S/C15H13N3O2/c1-9-5-6-12-17-13(10-3-2-4-11(16)7-10)14(15(19)20)18(12)8-9/h2-8H,16H2,1H3,(H,19,20). The van der Waals surface area contributed by atoms with Gasteiger partial charge in [0.05, 0.1) is 0 Å². The van der Waals surface area contributed by atoms with E-state index in [1.807, 2.05) is 13.0 Å². The van der Waals surface area contributed by atoms with Crippen LogP contribution < -0.4 is 5.73 Å². The number of imidazole rings is 1. The summed E-state index contributed by atoms with van der Waals surface area (Å²) in [5, 5.41) is 9.48. The first-order chi connectivity index (χ1) is 9.56. The van der Waals surface area contributed by atoms with Gasteiger partial charge in [-0.15, -0.1) is 0 Å². The summed E-state index contributed by atoms with van der Waals surface area (Å²) in [6.07, 6.45) is 1.77. The second-order valence-corrected chi connectivity index (χ2v) is 4.67. The molecule has 3 rings (SSSR count). The molecule has 2 heterocycles. The van der Waals surface area contributed by atoms with Gasteiger partial charge < -0.3 is 10.8 Å². The number of carbonyl (C=O) groups is 1. The van der Waals surface area contributed by atoms with Crippen LogP contribution in [0.1, 0.15) is 16.1 Å². The molecule has 0 amide bonds. The average Bonchev–Trinajstić information content (AvgIpc) is 2.77. The average molecular weight is 267 g/mol. The van der Waals surface area contributed by atoms with Crippen LogP contribution >= 0.6 is 0 Å². The Bertz CT molecular complexity index is 821. The topological polar surface area (TPSA) is 80.6 Å². The molecule has 0 radical (unpaired) electrons. The molecule has 0 aliphatic heterocycles. The maximum absolute atomic E-state index is 11.6. The van der Waals surface area contributed by atoms with Crippen molar-refractivity contribution in [2.75, 3.05) is 5.73 Å². The van der Waals surface area contributed by atoms with Crippen LogP contribution in [0, 0.1) is 6.92 Å². The number of anilines is 1. The van der Waals surface area contributed by atoms with Crippen molar-refractivity contribution in [3.05, 3.63) is 53.9 Å². The largest absolute Gasteiger partial charge is 0.476 e. The van der Waals surface area contributed by atoms with E-state index in [4.69, 9.17) is 5.73 Å². The molecule has 20 heavy (non-hydrogen) atoms. The van der Waals surface area contributed by atoms with Gasteiger partial charge in [-0.05, 0) is 30.7 Å². The Balaban J connectivity index is 2.35. The molecule has 2 aromatic heterocycles. The maximum atomic E-state index is 11.6. The van der Waals surface area contributed by atoms with Crippen LogP contribution in [0.4, 0.5) is 5.69 Å². The zero-order valence-electron chi connectivity index (χ0n) is 10.9. The van der Waals surface area contributed by atoms with E-state index in [2.05, 4.69) is 4.98 Å². The lowest BCUT2D eigenvalue weighted by molar-refractivity contribution is 0.0690. The number of aromatic nitrogens is 2. The molecule has 0 fully saturated rings. The first-order valence-corrected chi connectivity index (χ1v) is 6.14. The normalized spacial score (nSPS) is 10.8. The molecule has 3 aromatic rings. The highest BCUT2D eigenvalue weighted by molar-refractivity contribution is 5.95. The molecule has 0 atom stereocenters. The summed E-state index contributed by atoms with van der Waals surface area (Å²) in [7, 11) is 0. The van der Waals surface area contributed by atoms with Gasteiger partial charge in [-0.3, -0.25) is 4.40 Å². The minimum Gasteiger partial charge on any atom is -0.476 e. The van der Waals surface area contributed by atoms with Crippen molar-refractivity contribution in [2.45, 2.75) is 6.92 Å². The Labute approximate surface area is 115 Å². The van der Waals surface area contributed by atoms with Crippen LogP contribution in [0.15, 0.2) is 42.6 Å². The molecule has 0 saturated carbocycles. The zero-order chi connectivity index (χ0) is 14.3. The molecule has 5 nitrogen and oxygen atoms in total. The fraction of sp³-hybridized carbons (Fsp3) is 0.0667. The smallest absolute Gasteiger partial charge is 0.355 e. The fourth-order valence-corrected chi connectivity index (χ4v) is 2.24. The van der Waals surface area contributed by atoms with E-state index in [-0.39, 0.29) is 5.69 Å². The van der Waals surface area contributed by atoms with Gasteiger partial charge in [0.1, 0.15) is 11.3 Å². The third kappa shape index (κ3) is 1.89. The lowest BCUT2D eigenvalue weighted by Gasteiger charge is -2.02. The van der Waals surface area contributed by atoms with Crippen LogP contribution in [0.5, 0.6) is 0 Å². The molecule has 1 aromatic carbocycles. The number of nitrogens with zero attached hydrogens (tertiary/aromatic N) is 2. The minimum absolute atomic E-state index is 0.148. The van der Waals surface area contributed by atoms with Crippen molar-refractivity contribution in [2.24, 2.45) is 0 Å². The lowest BCUT2D eigenvalue weighted by Crippen LogP contribution is -2.04. The number of nitrogens with two attached hydrogens (primary N) is 1. The van der Waals surface area contributed by atoms with Gasteiger partial charge in [-0.1, -0.05) is 18.2 Å². The van der Waals surface area contributed by atoms with Crippen LogP contribution in [-0.4, -0.2) is 20.5 Å². The highest BCUT2D eigenvalue weighted by Gasteiger charge is 2.19. The van der Waals surface area contributed by atoms with Gasteiger partial charge in [-0.2, -0.15) is 0 Å². The van der Waals surface area contributed by atoms with E-state index in [0.717, 1.165) is 5.56 Å². The molecule has 0 aliphatic carbocycles. The quantitative estimate of drug-likeness (QED) is 0.699. The molecule has 100 valence electrons. The number of fused-ring (bicyclic) bond motifs is 1. The van der Waals surface area contributed by atoms with Crippen molar-refractivity contribution in [3.8, 4) is 11.3 Å². The summed E-state index contributed by atoms with van der Waals surface area (Å²) in [6, 6.07) is 10.8. The summed E-state index contributed by atoms with van der Waals surface area (Å²) in [5.74, 6) is -1.01. The van der Waals surface area contributed by atoms with Crippen molar-refractivity contribution in [3.63, 3.8) is 0 Å². The maximum Gasteiger partial charge on any atom is 0.355 e. The monoisotopic (exact) mass is 267 g/mol. The summed E-state index contributed by atoms with van der Waals surface area (Å²) in [4.78, 5) is 16.0. The number of pyridine rings is 1. The highest BCUT2D eigenvalue weighted by Crippen LogP contribution is 2.26. The van der Waals surface area contributed by atoms with Gasteiger partial charge in [0, 0.05) is 17.4 Å². The van der Waals surface area contributed by atoms with Crippen LogP contribution in [0.25, 0.3) is 16.9 Å². The van der Waals surface area contributed by atoms with Gasteiger partial charge >= 0.3 is 5.97 Å². The van der Waals surface area contributed by atoms with Gasteiger partial charge in [0.25, 0.3) is 0 Å². The number of aryl methyl sites for hydroxylation is 1. The Morgan fingerprint density at radius 2 is 2.10 bits per heavy atom. The van der Waals surface area contributed by atoms with Crippen molar-refractivity contribution < 1.29 is 9.90 Å². The second-order valence-electron chi connectivity index (χ2n) is 4.67. The summed E-state index contributed by atoms with van der Waals surface area (Å²) in [6.45, 7) is 1.91. The number of benzene rings is 1. The molecule has 0 bridgehead atoms. The van der Waals surface area contributed by atoms with E-state index in [1.165, 1.54) is 0 Å². The number of hydrogen-bond donors (Lipinski definition) is 2. The zero-order valence-corrected chi connectivity index (χ0v) is 10.9.